The number of aromatic nitrogens is 1. The molecule has 5 heteroatoms. The fourth-order valence-corrected chi connectivity index (χ4v) is 1.40. The molecule has 17 heavy (non-hydrogen) atoms. The third-order valence-corrected chi connectivity index (χ3v) is 2.37. The number of para-hydroxylation sites is 2. The van der Waals surface area contributed by atoms with Crippen LogP contribution in [0.1, 0.15) is 10.4 Å². The first-order valence-electron chi connectivity index (χ1n) is 4.88. The van der Waals surface area contributed by atoms with Crippen LogP contribution in [0.3, 0.4) is 0 Å². The monoisotopic (exact) mass is 248 g/mol. The van der Waals surface area contributed by atoms with Crippen LogP contribution in [0.4, 0.5) is 5.69 Å². The van der Waals surface area contributed by atoms with Gasteiger partial charge in [-0.05, 0) is 24.3 Å². The molecule has 0 fully saturated rings. The van der Waals surface area contributed by atoms with Crippen LogP contribution in [0.2, 0.25) is 5.15 Å². The van der Waals surface area contributed by atoms with Crippen molar-refractivity contribution in [2.75, 3.05) is 5.32 Å². The molecule has 0 unspecified atom stereocenters. The van der Waals surface area contributed by atoms with Crippen LogP contribution in [0, 0.1) is 0 Å². The van der Waals surface area contributed by atoms with Gasteiger partial charge in [0, 0.05) is 6.20 Å². The third kappa shape index (κ3) is 2.73. The Morgan fingerprint density at radius 3 is 2.65 bits per heavy atom. The molecule has 1 aromatic carbocycles. The van der Waals surface area contributed by atoms with Gasteiger partial charge in [0.1, 0.15) is 10.9 Å². The zero-order valence-electron chi connectivity index (χ0n) is 8.72. The summed E-state index contributed by atoms with van der Waals surface area (Å²) in [6.07, 6.45) is 1.37. The molecule has 2 aromatic rings. The minimum Gasteiger partial charge on any atom is -0.506 e. The Morgan fingerprint density at radius 2 is 2.00 bits per heavy atom. The van der Waals surface area contributed by atoms with Crippen LogP contribution in [0.15, 0.2) is 42.6 Å². The Kier molecular flexibility index (Phi) is 3.25. The molecule has 1 amide bonds. The number of hydrogen-bond donors (Lipinski definition) is 2. The summed E-state index contributed by atoms with van der Waals surface area (Å²) in [4.78, 5) is 15.6. The molecular formula is C12H9ClN2O2. The first-order chi connectivity index (χ1) is 8.16. The molecule has 4 nitrogen and oxygen atoms in total. The summed E-state index contributed by atoms with van der Waals surface area (Å²) in [7, 11) is 0. The molecule has 0 aliphatic heterocycles. The van der Waals surface area contributed by atoms with Crippen molar-refractivity contribution in [1.29, 1.82) is 0 Å². The Bertz CT molecular complexity index is 540. The molecule has 86 valence electrons. The van der Waals surface area contributed by atoms with Gasteiger partial charge in [0.25, 0.3) is 5.91 Å². The lowest BCUT2D eigenvalue weighted by Crippen LogP contribution is -2.12. The molecule has 1 aromatic heterocycles. The van der Waals surface area contributed by atoms with Crippen LogP contribution in [0.25, 0.3) is 0 Å². The van der Waals surface area contributed by atoms with E-state index in [1.165, 1.54) is 18.3 Å². The Balaban J connectivity index is 2.17. The second-order valence-electron chi connectivity index (χ2n) is 3.34. The molecule has 0 atom stereocenters. The maximum absolute atomic E-state index is 11.8. The number of nitrogens with zero attached hydrogens (tertiary/aromatic N) is 1. The summed E-state index contributed by atoms with van der Waals surface area (Å²) in [6.45, 7) is 0. The maximum atomic E-state index is 11.8. The number of amides is 1. The SMILES string of the molecule is O=C(Nc1ccccc1O)c1ccc(Cl)nc1. The summed E-state index contributed by atoms with van der Waals surface area (Å²) < 4.78 is 0. The average molecular weight is 249 g/mol. The van der Waals surface area contributed by atoms with Crippen LogP contribution >= 0.6 is 11.6 Å². The summed E-state index contributed by atoms with van der Waals surface area (Å²) in [5, 5.41) is 12.4. The van der Waals surface area contributed by atoms with Crippen molar-refractivity contribution in [2.24, 2.45) is 0 Å². The number of anilines is 1. The Morgan fingerprint density at radius 1 is 1.24 bits per heavy atom. The second-order valence-corrected chi connectivity index (χ2v) is 3.73. The van der Waals surface area contributed by atoms with Crippen molar-refractivity contribution in [1.82, 2.24) is 4.98 Å². The van der Waals surface area contributed by atoms with Crippen LogP contribution in [-0.2, 0) is 0 Å². The number of pyridine rings is 1. The predicted molar refractivity (Wildman–Crippen MR) is 65.3 cm³/mol. The first-order valence-corrected chi connectivity index (χ1v) is 5.25. The standard InChI is InChI=1S/C12H9ClN2O2/c13-11-6-5-8(7-14-11)12(17)15-9-3-1-2-4-10(9)16/h1-7,16H,(H,15,17). The summed E-state index contributed by atoms with van der Waals surface area (Å²) in [5.41, 5.74) is 0.727. The molecule has 0 saturated carbocycles. The lowest BCUT2D eigenvalue weighted by molar-refractivity contribution is 0.102. The number of halogens is 1. The molecule has 0 radical (unpaired) electrons. The fourth-order valence-electron chi connectivity index (χ4n) is 1.28. The number of carbonyl (C=O) groups is 1. The Labute approximate surface area is 103 Å². The van der Waals surface area contributed by atoms with Gasteiger partial charge in [-0.15, -0.1) is 0 Å². The van der Waals surface area contributed by atoms with E-state index in [1.54, 1.807) is 24.3 Å². The van der Waals surface area contributed by atoms with Crippen LogP contribution in [-0.4, -0.2) is 16.0 Å². The van der Waals surface area contributed by atoms with E-state index in [2.05, 4.69) is 10.3 Å². The third-order valence-electron chi connectivity index (χ3n) is 2.14. The number of hydrogen-bond acceptors (Lipinski definition) is 3. The molecule has 1 heterocycles. The van der Waals surface area contributed by atoms with Crippen molar-refractivity contribution in [3.63, 3.8) is 0 Å². The largest absolute Gasteiger partial charge is 0.506 e. The van der Waals surface area contributed by atoms with Crippen LogP contribution < -0.4 is 5.32 Å². The van der Waals surface area contributed by atoms with E-state index in [0.29, 0.717) is 16.4 Å². The fraction of sp³-hybridized carbons (Fsp3) is 0. The quantitative estimate of drug-likeness (QED) is 0.634. The number of phenols is 1. The van der Waals surface area contributed by atoms with E-state index < -0.39 is 0 Å². The smallest absolute Gasteiger partial charge is 0.257 e. The van der Waals surface area contributed by atoms with Crippen LogP contribution in [0.5, 0.6) is 5.75 Å². The minimum atomic E-state index is -0.351. The van der Waals surface area contributed by atoms with E-state index >= 15 is 0 Å². The van der Waals surface area contributed by atoms with Gasteiger partial charge in [0.05, 0.1) is 11.3 Å². The van der Waals surface area contributed by atoms with Crippen molar-refractivity contribution in [3.8, 4) is 5.75 Å². The lowest BCUT2D eigenvalue weighted by atomic mass is 10.2. The number of rotatable bonds is 2. The highest BCUT2D eigenvalue weighted by Gasteiger charge is 2.08. The Hall–Kier alpha value is -2.07. The molecule has 0 aliphatic carbocycles. The molecule has 2 N–H and O–H groups in total. The number of benzene rings is 1. The molecule has 0 aliphatic rings. The number of carbonyl (C=O) groups excluding carboxylic acids is 1. The topological polar surface area (TPSA) is 62.2 Å². The average Bonchev–Trinajstić information content (AvgIpc) is 2.33. The number of aromatic hydroxyl groups is 1. The summed E-state index contributed by atoms with van der Waals surface area (Å²) >= 11 is 5.62. The van der Waals surface area contributed by atoms with E-state index in [-0.39, 0.29) is 11.7 Å². The molecule has 0 bridgehead atoms. The van der Waals surface area contributed by atoms with E-state index in [1.807, 2.05) is 0 Å². The van der Waals surface area contributed by atoms with Gasteiger partial charge in [-0.1, -0.05) is 23.7 Å². The van der Waals surface area contributed by atoms with Gasteiger partial charge in [0.2, 0.25) is 0 Å². The summed E-state index contributed by atoms with van der Waals surface area (Å²) in [5.74, 6) is -0.335. The van der Waals surface area contributed by atoms with Gasteiger partial charge in [-0.2, -0.15) is 0 Å². The second kappa shape index (κ2) is 4.84. The minimum absolute atomic E-state index is 0.0165. The van der Waals surface area contributed by atoms with Gasteiger partial charge in [-0.25, -0.2) is 4.98 Å². The van der Waals surface area contributed by atoms with Gasteiger partial charge < -0.3 is 10.4 Å². The molecule has 0 saturated heterocycles. The predicted octanol–water partition coefficient (Wildman–Crippen LogP) is 2.69. The van der Waals surface area contributed by atoms with Gasteiger partial charge in [0.15, 0.2) is 0 Å². The van der Waals surface area contributed by atoms with Crippen molar-refractivity contribution >= 4 is 23.2 Å². The van der Waals surface area contributed by atoms with Crippen molar-refractivity contribution < 1.29 is 9.90 Å². The highest BCUT2D eigenvalue weighted by atomic mass is 35.5. The molecular weight excluding hydrogens is 240 g/mol. The van der Waals surface area contributed by atoms with E-state index in [9.17, 15) is 9.90 Å². The zero-order valence-corrected chi connectivity index (χ0v) is 9.48. The van der Waals surface area contributed by atoms with Gasteiger partial charge >= 0.3 is 0 Å². The van der Waals surface area contributed by atoms with Crippen molar-refractivity contribution in [2.45, 2.75) is 0 Å². The lowest BCUT2D eigenvalue weighted by Gasteiger charge is -2.06. The number of phenolic OH excluding ortho intramolecular Hbond substituents is 1. The zero-order chi connectivity index (χ0) is 12.3. The normalized spacial score (nSPS) is 9.94. The van der Waals surface area contributed by atoms with E-state index in [4.69, 9.17) is 11.6 Å². The van der Waals surface area contributed by atoms with Gasteiger partial charge in [-0.3, -0.25) is 4.79 Å². The maximum Gasteiger partial charge on any atom is 0.257 e. The molecule has 2 rings (SSSR count). The summed E-state index contributed by atoms with van der Waals surface area (Å²) in [6, 6.07) is 9.59. The highest BCUT2D eigenvalue weighted by Crippen LogP contribution is 2.22. The van der Waals surface area contributed by atoms with E-state index in [0.717, 1.165) is 0 Å². The molecule has 0 spiro atoms. The first kappa shape index (κ1) is 11.4. The number of nitrogens with one attached hydrogen (secondary N) is 1. The van der Waals surface area contributed by atoms with Crippen molar-refractivity contribution in [3.05, 3.63) is 53.3 Å². The highest BCUT2D eigenvalue weighted by molar-refractivity contribution is 6.29.